The number of benzene rings is 6. The van der Waals surface area contributed by atoms with Gasteiger partial charge in [-0.25, -0.2) is 42.3 Å². The smallest absolute Gasteiger partial charge is 0.416 e. The standard InChI is InChI=1S/C16H25N3O2.C15H22ClN3O.C15H20F3N3O.C15H22FN3O.C15H23N3O2.C14H19ClFN3O.C14H22N4O/c1-3-21-15-7-5-4-6-13(15)12-17-16(20)18-14-8-10-19(2)11-9-14;1-19-10-7-13(8-11-19)18-15(20)17-9-6-12-4-2-3-5-14(12)16;1-21-8-6-13(7-9-21)20-14(22)19-10-11-2-4-12(5-3-11)15(16,17)18;1-11-3-4-13(16)9-12(11)10-17-15(20)18-14-5-7-19(2)8-6-14;1-18-9-7-13(8-10-18)17-15(19)16-11-12-5-3-4-6-14(12)20-2;1-19-7-5-10(6-8-19)18-14(20)17-9-11-12(15)3-2-4-13(11)16;1-18-10-5-13(6-11-18)17-14(19)16-9-4-12-2-7-15-8-3-12/h4-7,14H,3,8-12H2,1-2H3,(H2,17,18,20);2-5,13H,6-11H2,1H3,(H2,17,18,20);2-5,13H,6-10H2,1H3,(H2,19,20,22);3-4,9,14H,5-8,10H2,1-2H3,(H2,17,18,20);3-6,13H,7-11H2,1-2H3,(H2,16,17,19);2-4,10H,5-9H2,1H3,(H2,17,18,20);2-3,7-8,13H,4-6,9-11H2,1H3,(H2,16,17,19). The van der Waals surface area contributed by atoms with Gasteiger partial charge in [0.05, 0.1) is 19.3 Å². The molecule has 0 spiro atoms. The number of carbonyl (C=O) groups excluding carboxylic acids is 7. The predicted octanol–water partition coefficient (Wildman–Crippen LogP) is 13.9. The first kappa shape index (κ1) is 116. The average molecular weight is 2020 g/mol. The van der Waals surface area contributed by atoms with Gasteiger partial charge in [-0.15, -0.1) is 0 Å². The maximum Gasteiger partial charge on any atom is 0.416 e. The van der Waals surface area contributed by atoms with E-state index >= 15 is 0 Å². The molecule has 0 unspecified atom stereocenters. The van der Waals surface area contributed by atoms with Gasteiger partial charge >= 0.3 is 48.4 Å². The molecule has 0 saturated carbocycles. The second-order valence-corrected chi connectivity index (χ2v) is 38.1. The number of pyridine rings is 1. The Morgan fingerprint density at radius 3 is 1.05 bits per heavy atom. The van der Waals surface area contributed by atoms with Crippen molar-refractivity contribution in [3.8, 4) is 11.5 Å². The van der Waals surface area contributed by atoms with Crippen molar-refractivity contribution in [2.75, 3.05) is 168 Å². The van der Waals surface area contributed by atoms with Crippen LogP contribution in [-0.2, 0) is 51.7 Å². The second-order valence-electron chi connectivity index (χ2n) is 37.2. The van der Waals surface area contributed by atoms with Gasteiger partial charge in [0.25, 0.3) is 0 Å². The molecule has 7 aliphatic rings. The first-order valence-corrected chi connectivity index (χ1v) is 50.4. The molecule has 14 N–H and O–H groups in total. The Bertz CT molecular complexity index is 4840. The molecule has 0 radical (unpaired) electrons. The van der Waals surface area contributed by atoms with Crippen molar-refractivity contribution in [3.63, 3.8) is 0 Å². The Balaban J connectivity index is 0.000000203. The van der Waals surface area contributed by atoms with E-state index < -0.39 is 17.6 Å². The SMILES string of the molecule is CCOc1ccccc1CNC(=O)NC1CCN(C)CC1.CN1CCC(NC(=O)NCCc2ccccc2Cl)CC1.CN1CCC(NC(=O)NCCc2ccncc2)CC1.CN1CCC(NC(=O)NCc2c(F)cccc2Cl)CC1.CN1CCC(NC(=O)NCc2ccc(C(F)(F)F)cc2)CC1.COc1ccccc1CNC(=O)NC1CCN(C)CC1.Cc1ccc(F)cc1CNC(=O)NC1CCN(C)CC1. The highest BCUT2D eigenvalue weighted by Crippen LogP contribution is 2.30. The number of para-hydroxylation sites is 2. The van der Waals surface area contributed by atoms with E-state index in [4.69, 9.17) is 32.7 Å². The van der Waals surface area contributed by atoms with E-state index in [1.54, 1.807) is 37.7 Å². The Kier molecular flexibility index (Phi) is 52.2. The molecular weight excluding hydrogens is 1870 g/mol. The Morgan fingerprint density at radius 1 is 0.359 bits per heavy atom. The van der Waals surface area contributed by atoms with Crippen LogP contribution in [0.15, 0.2) is 158 Å². The number of likely N-dealkylation sites (tertiary alicyclic amines) is 7. The van der Waals surface area contributed by atoms with Crippen LogP contribution in [0.25, 0.3) is 0 Å². The number of nitrogens with one attached hydrogen (secondary N) is 14. The van der Waals surface area contributed by atoms with E-state index in [1.807, 2.05) is 106 Å². The second kappa shape index (κ2) is 63.8. The highest BCUT2D eigenvalue weighted by molar-refractivity contribution is 6.31. The van der Waals surface area contributed by atoms with Crippen LogP contribution in [0.4, 0.5) is 55.5 Å². The van der Waals surface area contributed by atoms with Crippen LogP contribution in [0.3, 0.4) is 0 Å². The number of methoxy groups -OCH3 is 1. The maximum absolute atomic E-state index is 13.5. The molecule has 6 aromatic carbocycles. The summed E-state index contributed by atoms with van der Waals surface area (Å²) >= 11 is 12.0. The number of aromatic nitrogens is 1. The van der Waals surface area contributed by atoms with Crippen molar-refractivity contribution in [2.24, 2.45) is 0 Å². The summed E-state index contributed by atoms with van der Waals surface area (Å²) < 4.78 is 74.8. The lowest BCUT2D eigenvalue weighted by molar-refractivity contribution is -0.137. The number of hydrogen-bond donors (Lipinski definition) is 14. The van der Waals surface area contributed by atoms with E-state index in [1.165, 1.54) is 35.9 Å². The van der Waals surface area contributed by atoms with E-state index in [2.05, 4.69) is 156 Å². The number of hydrogen-bond acceptors (Lipinski definition) is 17. The summed E-state index contributed by atoms with van der Waals surface area (Å²) in [5.74, 6) is 0.951. The van der Waals surface area contributed by atoms with Crippen molar-refractivity contribution >= 4 is 65.4 Å². The molecule has 7 aromatic rings. The summed E-state index contributed by atoms with van der Waals surface area (Å²) in [7, 11) is 16.3. The topological polar surface area (TPSA) is 342 Å². The molecule has 7 saturated heterocycles. The van der Waals surface area contributed by atoms with E-state index in [0.29, 0.717) is 67.6 Å². The van der Waals surface area contributed by atoms with Gasteiger partial charge in [-0.3, -0.25) is 4.98 Å². The van der Waals surface area contributed by atoms with Gasteiger partial charge in [0.2, 0.25) is 0 Å². The predicted molar refractivity (Wildman–Crippen MR) is 551 cm³/mol. The molecular formula is C104H153Cl2F5N22O9. The third-order valence-electron chi connectivity index (χ3n) is 25.8. The fourth-order valence-electron chi connectivity index (χ4n) is 16.6. The first-order valence-electron chi connectivity index (χ1n) is 49.6. The molecule has 7 aliphatic heterocycles. The van der Waals surface area contributed by atoms with Gasteiger partial charge < -0.3 is 118 Å². The van der Waals surface area contributed by atoms with Crippen LogP contribution < -0.4 is 83.9 Å². The molecule has 0 atom stereocenters. The number of urea groups is 7. The number of halogens is 7. The lowest BCUT2D eigenvalue weighted by atomic mass is 10.1. The number of amides is 14. The number of alkyl halides is 3. The quantitative estimate of drug-likeness (QED) is 0.0224. The summed E-state index contributed by atoms with van der Waals surface area (Å²) in [6.45, 7) is 21.6. The van der Waals surface area contributed by atoms with Crippen molar-refractivity contribution in [1.82, 2.24) is 114 Å². The zero-order chi connectivity index (χ0) is 103. The van der Waals surface area contributed by atoms with Crippen LogP contribution in [-0.4, -0.2) is 292 Å². The molecule has 0 aliphatic carbocycles. The summed E-state index contributed by atoms with van der Waals surface area (Å²) in [5, 5.41) is 41.7. The van der Waals surface area contributed by atoms with Crippen molar-refractivity contribution in [2.45, 2.75) is 198 Å². The molecule has 142 heavy (non-hydrogen) atoms. The minimum absolute atomic E-state index is 0.0522. The van der Waals surface area contributed by atoms with Gasteiger partial charge in [-0.2, -0.15) is 13.2 Å². The van der Waals surface area contributed by atoms with Crippen LogP contribution in [0.5, 0.6) is 11.5 Å². The lowest BCUT2D eigenvalue weighted by Gasteiger charge is -2.29. The highest BCUT2D eigenvalue weighted by Gasteiger charge is 2.31. The number of aryl methyl sites for hydroxylation is 1. The van der Waals surface area contributed by atoms with Crippen LogP contribution in [0.2, 0.25) is 10.0 Å². The normalized spacial score (nSPS) is 16.9. The van der Waals surface area contributed by atoms with Gasteiger partial charge in [0, 0.05) is 127 Å². The summed E-state index contributed by atoms with van der Waals surface area (Å²) in [6.07, 6.45) is 14.6. The van der Waals surface area contributed by atoms with Gasteiger partial charge in [0.1, 0.15) is 23.1 Å². The third kappa shape index (κ3) is 46.5. The van der Waals surface area contributed by atoms with Crippen LogP contribution >= 0.6 is 23.2 Å². The highest BCUT2D eigenvalue weighted by atomic mass is 35.5. The lowest BCUT2D eigenvalue weighted by Crippen LogP contribution is -2.47. The number of piperidine rings is 7. The number of nitrogens with zero attached hydrogens (tertiary/aromatic N) is 8. The van der Waals surface area contributed by atoms with Crippen molar-refractivity contribution < 1.29 is 65.0 Å². The maximum atomic E-state index is 13.5. The summed E-state index contributed by atoms with van der Waals surface area (Å²) in [5.41, 5.74) is 6.27. The first-order chi connectivity index (χ1) is 68.2. The van der Waals surface area contributed by atoms with E-state index in [0.717, 1.165) is 251 Å². The number of carbonyl (C=O) groups is 7. The monoisotopic (exact) mass is 2020 g/mol. The van der Waals surface area contributed by atoms with E-state index in [9.17, 15) is 55.5 Å². The minimum atomic E-state index is -4.34. The molecule has 38 heteroatoms. The third-order valence-corrected chi connectivity index (χ3v) is 26.5. The Labute approximate surface area is 846 Å². The van der Waals surface area contributed by atoms with Crippen molar-refractivity contribution in [1.29, 1.82) is 0 Å². The molecule has 31 nitrogen and oxygen atoms in total. The number of ether oxygens (including phenoxy) is 2. The fraction of sp³-hybridized carbons (Fsp3) is 0.538. The summed E-state index contributed by atoms with van der Waals surface area (Å²) in [6, 6.07) is 41.7. The molecule has 8 heterocycles. The molecule has 14 rings (SSSR count). The summed E-state index contributed by atoms with van der Waals surface area (Å²) in [4.78, 5) is 103. The zero-order valence-electron chi connectivity index (χ0n) is 84.3. The molecule has 7 fully saturated rings. The average Bonchev–Trinajstić information content (AvgIpc) is 0.866. The van der Waals surface area contributed by atoms with E-state index in [-0.39, 0.29) is 91.3 Å². The van der Waals surface area contributed by atoms with Gasteiger partial charge in [0.15, 0.2) is 0 Å². The van der Waals surface area contributed by atoms with Crippen LogP contribution in [0.1, 0.15) is 147 Å². The molecule has 14 amide bonds. The molecule has 0 bridgehead atoms. The zero-order valence-corrected chi connectivity index (χ0v) is 85.8. The Morgan fingerprint density at radius 2 is 0.683 bits per heavy atom. The minimum Gasteiger partial charge on any atom is -0.496 e. The Hall–Kier alpha value is -11.1. The van der Waals surface area contributed by atoms with Gasteiger partial charge in [-0.05, 0) is 352 Å². The van der Waals surface area contributed by atoms with Gasteiger partial charge in [-0.1, -0.05) is 102 Å². The molecule has 1 aromatic heterocycles. The fourth-order valence-corrected chi connectivity index (χ4v) is 17.1. The number of rotatable bonds is 26. The largest absolute Gasteiger partial charge is 0.496 e. The molecule has 782 valence electrons. The van der Waals surface area contributed by atoms with Crippen LogP contribution in [0, 0.1) is 18.6 Å². The van der Waals surface area contributed by atoms with Crippen molar-refractivity contribution in [3.05, 3.63) is 230 Å².